The van der Waals surface area contributed by atoms with E-state index in [0.29, 0.717) is 0 Å². The van der Waals surface area contributed by atoms with Gasteiger partial charge in [-0.05, 0) is 24.3 Å². The van der Waals surface area contributed by atoms with E-state index in [1.165, 1.54) is 12.1 Å². The van der Waals surface area contributed by atoms with Crippen molar-refractivity contribution in [2.45, 2.75) is 6.18 Å². The molecule has 0 atom stereocenters. The van der Waals surface area contributed by atoms with E-state index in [9.17, 15) is 32.7 Å². The number of nitrogens with zero attached hydrogens (tertiary/aromatic N) is 2. The van der Waals surface area contributed by atoms with Crippen LogP contribution in [0.4, 0.5) is 18.9 Å². The summed E-state index contributed by atoms with van der Waals surface area (Å²) in [6.45, 7) is 0. The van der Waals surface area contributed by atoms with Gasteiger partial charge in [-0.3, -0.25) is 4.79 Å². The van der Waals surface area contributed by atoms with Crippen molar-refractivity contribution in [3.63, 3.8) is 0 Å². The molecule has 2 aromatic heterocycles. The van der Waals surface area contributed by atoms with Gasteiger partial charge >= 0.3 is 18.1 Å². The zero-order valence-electron chi connectivity index (χ0n) is 16.0. The van der Waals surface area contributed by atoms with Crippen LogP contribution in [0.15, 0.2) is 36.7 Å². The van der Waals surface area contributed by atoms with Crippen molar-refractivity contribution < 1.29 is 42.1 Å². The van der Waals surface area contributed by atoms with Crippen LogP contribution in [0.1, 0.15) is 36.8 Å². The number of carbonyl (C=O) groups excluding carboxylic acids is 3. The highest BCUT2D eigenvalue weighted by molar-refractivity contribution is 6.08. The average Bonchev–Trinajstić information content (AvgIpc) is 3.17. The zero-order valence-corrected chi connectivity index (χ0v) is 16.0. The summed E-state index contributed by atoms with van der Waals surface area (Å²) in [5.74, 6) is -3.19. The Bertz CT molecular complexity index is 1200. The van der Waals surface area contributed by atoms with Gasteiger partial charge in [0.1, 0.15) is 11.4 Å². The van der Waals surface area contributed by atoms with Crippen LogP contribution in [0.25, 0.3) is 5.65 Å². The number of hydrogen-bond donors (Lipinski definition) is 2. The highest BCUT2D eigenvalue weighted by atomic mass is 19.4. The smallest absolute Gasteiger partial charge is 0.434 e. The van der Waals surface area contributed by atoms with Gasteiger partial charge < -0.3 is 24.3 Å². The number of methoxy groups -OCH3 is 2. The third-order valence-electron chi connectivity index (χ3n) is 4.20. The van der Waals surface area contributed by atoms with E-state index in [1.807, 2.05) is 0 Å². The topological polar surface area (TPSA) is 119 Å². The molecule has 0 fully saturated rings. The Kier molecular flexibility index (Phi) is 5.56. The summed E-state index contributed by atoms with van der Waals surface area (Å²) in [5, 5.41) is 12.5. The number of imidazole rings is 1. The number of phenols is 1. The summed E-state index contributed by atoms with van der Waals surface area (Å²) in [4.78, 5) is 39.8. The number of esters is 2. The van der Waals surface area contributed by atoms with Gasteiger partial charge in [-0.15, -0.1) is 0 Å². The number of nitrogens with one attached hydrogen (secondary N) is 1. The van der Waals surface area contributed by atoms with E-state index < -0.39 is 35.5 Å². The van der Waals surface area contributed by atoms with Gasteiger partial charge in [0.2, 0.25) is 0 Å². The maximum Gasteiger partial charge on any atom is 0.434 e. The number of benzene rings is 1. The number of ether oxygens (including phenoxy) is 2. The van der Waals surface area contributed by atoms with Crippen LogP contribution in [0.5, 0.6) is 5.75 Å². The molecule has 0 aliphatic heterocycles. The first-order valence-electron chi connectivity index (χ1n) is 8.46. The number of phenolic OH excluding ortho intramolecular Hbond substituents is 1. The highest BCUT2D eigenvalue weighted by Gasteiger charge is 2.34. The van der Waals surface area contributed by atoms with Crippen LogP contribution in [0.3, 0.4) is 0 Å². The number of alkyl halides is 3. The molecule has 1 aromatic carbocycles. The molecular formula is C19H14F3N3O6. The number of aromatic hydroxyl groups is 1. The third-order valence-corrected chi connectivity index (χ3v) is 4.20. The fraction of sp³-hybridized carbons (Fsp3) is 0.158. The van der Waals surface area contributed by atoms with E-state index in [4.69, 9.17) is 0 Å². The molecule has 1 amide bonds. The Balaban J connectivity index is 1.95. The number of anilines is 1. The van der Waals surface area contributed by atoms with Crippen molar-refractivity contribution in [2.24, 2.45) is 0 Å². The van der Waals surface area contributed by atoms with Crippen LogP contribution in [0, 0.1) is 0 Å². The van der Waals surface area contributed by atoms with E-state index in [1.54, 1.807) is 0 Å². The predicted octanol–water partition coefficient (Wildman–Crippen LogP) is 2.88. The molecule has 0 spiro atoms. The van der Waals surface area contributed by atoms with E-state index >= 15 is 0 Å². The Labute approximate surface area is 172 Å². The monoisotopic (exact) mass is 437 g/mol. The Morgan fingerprint density at radius 3 is 2.23 bits per heavy atom. The number of hydrogen-bond acceptors (Lipinski definition) is 7. The van der Waals surface area contributed by atoms with E-state index in [0.717, 1.165) is 43.1 Å². The lowest BCUT2D eigenvalue weighted by molar-refractivity contribution is -0.140. The van der Waals surface area contributed by atoms with Crippen molar-refractivity contribution >= 4 is 29.2 Å². The number of carbonyl (C=O) groups is 3. The van der Waals surface area contributed by atoms with Crippen molar-refractivity contribution in [3.05, 3.63) is 59.0 Å². The molecule has 2 N–H and O–H groups in total. The molecule has 0 aliphatic rings. The van der Waals surface area contributed by atoms with Crippen molar-refractivity contribution in [1.82, 2.24) is 9.38 Å². The summed E-state index contributed by atoms with van der Waals surface area (Å²) in [6.07, 6.45) is -2.80. The van der Waals surface area contributed by atoms with E-state index in [-0.39, 0.29) is 28.0 Å². The highest BCUT2D eigenvalue weighted by Crippen LogP contribution is 2.30. The second-order valence-corrected chi connectivity index (χ2v) is 6.16. The Morgan fingerprint density at radius 1 is 1.03 bits per heavy atom. The molecule has 0 unspecified atom stereocenters. The Hall–Kier alpha value is -4.09. The first-order chi connectivity index (χ1) is 14.5. The molecule has 12 heteroatoms. The molecule has 31 heavy (non-hydrogen) atoms. The molecule has 0 saturated carbocycles. The number of fused-ring (bicyclic) bond motifs is 1. The van der Waals surface area contributed by atoms with Crippen molar-refractivity contribution in [3.8, 4) is 5.75 Å². The lowest BCUT2D eigenvalue weighted by Crippen LogP contribution is -2.16. The van der Waals surface area contributed by atoms with Gasteiger partial charge in [-0.25, -0.2) is 14.6 Å². The fourth-order valence-corrected chi connectivity index (χ4v) is 2.70. The molecule has 3 aromatic rings. The lowest BCUT2D eigenvalue weighted by atomic mass is 10.1. The fourth-order valence-electron chi connectivity index (χ4n) is 2.70. The molecule has 3 rings (SSSR count). The number of aromatic nitrogens is 2. The predicted molar refractivity (Wildman–Crippen MR) is 98.9 cm³/mol. The molecular weight excluding hydrogens is 423 g/mol. The third kappa shape index (κ3) is 4.27. The molecule has 0 bridgehead atoms. The zero-order chi connectivity index (χ0) is 22.9. The molecule has 162 valence electrons. The van der Waals surface area contributed by atoms with Gasteiger partial charge in [-0.1, -0.05) is 0 Å². The molecule has 0 saturated heterocycles. The number of halogens is 3. The van der Waals surface area contributed by atoms with Gasteiger partial charge in [0, 0.05) is 12.4 Å². The first-order valence-corrected chi connectivity index (χ1v) is 8.46. The van der Waals surface area contributed by atoms with Crippen LogP contribution < -0.4 is 5.32 Å². The molecule has 2 heterocycles. The SMILES string of the molecule is COC(=O)c1cc(O)c(NC(=O)c2ccc3nc(C(F)(F)F)cn3c2)cc1C(=O)OC. The number of amides is 1. The molecule has 9 nitrogen and oxygen atoms in total. The minimum Gasteiger partial charge on any atom is -0.506 e. The van der Waals surface area contributed by atoms with Crippen molar-refractivity contribution in [2.75, 3.05) is 19.5 Å². The minimum atomic E-state index is -4.65. The summed E-state index contributed by atoms with van der Waals surface area (Å²) in [7, 11) is 2.15. The second-order valence-electron chi connectivity index (χ2n) is 6.16. The minimum absolute atomic E-state index is 0.0258. The van der Waals surface area contributed by atoms with Gasteiger partial charge in [0.15, 0.2) is 5.69 Å². The van der Waals surface area contributed by atoms with Crippen LogP contribution in [0.2, 0.25) is 0 Å². The maximum atomic E-state index is 12.8. The standard InChI is InChI=1S/C19H14F3N3O6/c1-30-17(28)10-5-12(13(26)6-11(10)18(29)31-2)23-16(27)9-3-4-15-24-14(19(20,21)22)8-25(15)7-9/h3-8,26H,1-2H3,(H,23,27). The van der Waals surface area contributed by atoms with Crippen LogP contribution in [-0.2, 0) is 15.7 Å². The Morgan fingerprint density at radius 2 is 1.65 bits per heavy atom. The largest absolute Gasteiger partial charge is 0.506 e. The molecule has 0 aliphatic carbocycles. The second kappa shape index (κ2) is 7.97. The maximum absolute atomic E-state index is 12.8. The van der Waals surface area contributed by atoms with Crippen LogP contribution in [-0.4, -0.2) is 46.6 Å². The summed E-state index contributed by atoms with van der Waals surface area (Å²) in [5.41, 5.74) is -2.01. The number of rotatable bonds is 4. The van der Waals surface area contributed by atoms with Gasteiger partial charge in [0.05, 0.1) is 36.6 Å². The summed E-state index contributed by atoms with van der Waals surface area (Å²) < 4.78 is 48.6. The van der Waals surface area contributed by atoms with E-state index in [2.05, 4.69) is 19.8 Å². The normalized spacial score (nSPS) is 11.3. The first kappa shape index (κ1) is 21.6. The molecule has 0 radical (unpaired) electrons. The lowest BCUT2D eigenvalue weighted by Gasteiger charge is -2.12. The van der Waals surface area contributed by atoms with Gasteiger partial charge in [0.25, 0.3) is 5.91 Å². The number of pyridine rings is 1. The summed E-state index contributed by atoms with van der Waals surface area (Å²) >= 11 is 0. The average molecular weight is 437 g/mol. The summed E-state index contributed by atoms with van der Waals surface area (Å²) in [6, 6.07) is 4.38. The van der Waals surface area contributed by atoms with Crippen molar-refractivity contribution in [1.29, 1.82) is 0 Å². The van der Waals surface area contributed by atoms with Gasteiger partial charge in [-0.2, -0.15) is 13.2 Å². The van der Waals surface area contributed by atoms with Crippen LogP contribution >= 0.6 is 0 Å². The quantitative estimate of drug-likeness (QED) is 0.476.